The van der Waals surface area contributed by atoms with E-state index in [1.54, 1.807) is 35.4 Å². The molecule has 9 heteroatoms. The third-order valence-corrected chi connectivity index (χ3v) is 3.65. The summed E-state index contributed by atoms with van der Waals surface area (Å²) in [5.41, 5.74) is 6.31. The van der Waals surface area contributed by atoms with Crippen LogP contribution in [0.2, 0.25) is 0 Å². The van der Waals surface area contributed by atoms with Crippen molar-refractivity contribution in [2.45, 2.75) is 12.5 Å². The number of nitro benzene ring substituents is 1. The molecule has 23 heavy (non-hydrogen) atoms. The molecule has 122 valence electrons. The lowest BCUT2D eigenvalue weighted by atomic mass is 10.3. The Morgan fingerprint density at radius 2 is 2.09 bits per heavy atom. The van der Waals surface area contributed by atoms with Gasteiger partial charge in [-0.25, -0.2) is 4.68 Å². The van der Waals surface area contributed by atoms with Gasteiger partial charge >= 0.3 is 0 Å². The second-order valence-electron chi connectivity index (χ2n) is 5.19. The Balaban J connectivity index is 0.00000192. The molecule has 0 spiro atoms. The second kappa shape index (κ2) is 6.76. The maximum atomic E-state index is 12.3. The molecule has 8 nitrogen and oxygen atoms in total. The van der Waals surface area contributed by atoms with E-state index in [1.807, 2.05) is 0 Å². The van der Waals surface area contributed by atoms with E-state index < -0.39 is 4.92 Å². The van der Waals surface area contributed by atoms with Crippen molar-refractivity contribution in [2.75, 3.05) is 13.1 Å². The van der Waals surface area contributed by atoms with E-state index >= 15 is 0 Å². The predicted molar refractivity (Wildman–Crippen MR) is 86.0 cm³/mol. The van der Waals surface area contributed by atoms with Gasteiger partial charge in [0.1, 0.15) is 5.69 Å². The van der Waals surface area contributed by atoms with Crippen molar-refractivity contribution >= 4 is 24.0 Å². The Labute approximate surface area is 138 Å². The Morgan fingerprint density at radius 3 is 2.74 bits per heavy atom. The molecule has 1 aliphatic heterocycles. The number of likely N-dealkylation sites (tertiary alicyclic amines) is 1. The number of para-hydroxylation sites is 2. The molecule has 0 bridgehead atoms. The standard InChI is InChI=1S/C14H15N5O3.ClH/c15-10-5-7-17(9-10)14(20)11-6-8-18(16-11)12-3-1-2-4-13(12)19(21)22;/h1-4,6,8,10H,5,7,9,15H2;1H. The highest BCUT2D eigenvalue weighted by molar-refractivity contribution is 5.92. The monoisotopic (exact) mass is 337 g/mol. The predicted octanol–water partition coefficient (Wildman–Crippen LogP) is 1.38. The van der Waals surface area contributed by atoms with E-state index in [2.05, 4.69) is 5.10 Å². The highest BCUT2D eigenvalue weighted by Gasteiger charge is 2.26. The van der Waals surface area contributed by atoms with Crippen molar-refractivity contribution in [1.29, 1.82) is 0 Å². The molecule has 0 radical (unpaired) electrons. The van der Waals surface area contributed by atoms with Gasteiger partial charge in [0.15, 0.2) is 5.69 Å². The summed E-state index contributed by atoms with van der Waals surface area (Å²) in [7, 11) is 0. The van der Waals surface area contributed by atoms with Crippen LogP contribution in [-0.2, 0) is 0 Å². The molecule has 1 atom stereocenters. The minimum atomic E-state index is -0.474. The summed E-state index contributed by atoms with van der Waals surface area (Å²) in [6, 6.07) is 7.82. The Bertz CT molecular complexity index is 733. The molecule has 0 aliphatic carbocycles. The molecule has 2 heterocycles. The quantitative estimate of drug-likeness (QED) is 0.672. The zero-order valence-electron chi connectivity index (χ0n) is 12.2. The first-order valence-electron chi connectivity index (χ1n) is 6.90. The van der Waals surface area contributed by atoms with E-state index in [-0.39, 0.29) is 35.7 Å². The van der Waals surface area contributed by atoms with Gasteiger partial charge < -0.3 is 10.6 Å². The molecule has 1 aromatic heterocycles. The molecule has 2 aromatic rings. The number of hydrogen-bond acceptors (Lipinski definition) is 5. The Kier molecular flexibility index (Phi) is 4.97. The van der Waals surface area contributed by atoms with Crippen molar-refractivity contribution in [2.24, 2.45) is 5.73 Å². The van der Waals surface area contributed by atoms with Crippen LogP contribution < -0.4 is 5.73 Å². The number of halogens is 1. The van der Waals surface area contributed by atoms with Crippen LogP contribution in [0.4, 0.5) is 5.69 Å². The maximum Gasteiger partial charge on any atom is 0.294 e. The summed E-state index contributed by atoms with van der Waals surface area (Å²) in [5, 5.41) is 15.2. The van der Waals surface area contributed by atoms with Gasteiger partial charge in [0, 0.05) is 31.4 Å². The third kappa shape index (κ3) is 3.33. The molecule has 1 aromatic carbocycles. The van der Waals surface area contributed by atoms with Crippen LogP contribution in [0.25, 0.3) is 5.69 Å². The van der Waals surface area contributed by atoms with Crippen LogP contribution in [0.15, 0.2) is 36.5 Å². The normalized spacial score (nSPS) is 16.9. The first kappa shape index (κ1) is 16.9. The van der Waals surface area contributed by atoms with Crippen molar-refractivity contribution in [3.63, 3.8) is 0 Å². The van der Waals surface area contributed by atoms with Crippen LogP contribution in [0.1, 0.15) is 16.9 Å². The van der Waals surface area contributed by atoms with Gasteiger partial charge in [-0.15, -0.1) is 12.4 Å². The van der Waals surface area contributed by atoms with Crippen LogP contribution in [0, 0.1) is 10.1 Å². The van der Waals surface area contributed by atoms with E-state index in [9.17, 15) is 14.9 Å². The fourth-order valence-electron chi connectivity index (χ4n) is 2.52. The zero-order chi connectivity index (χ0) is 15.7. The molecule has 0 saturated carbocycles. The molecular formula is C14H16ClN5O3. The lowest BCUT2D eigenvalue weighted by Crippen LogP contribution is -2.32. The highest BCUT2D eigenvalue weighted by Crippen LogP contribution is 2.22. The van der Waals surface area contributed by atoms with Gasteiger partial charge in [-0.3, -0.25) is 14.9 Å². The van der Waals surface area contributed by atoms with E-state index in [1.165, 1.54) is 10.7 Å². The molecule has 2 N–H and O–H groups in total. The van der Waals surface area contributed by atoms with Gasteiger partial charge in [-0.2, -0.15) is 5.10 Å². The SMILES string of the molecule is Cl.NC1CCN(C(=O)c2ccn(-c3ccccc3[N+](=O)[O-])n2)C1. The number of aromatic nitrogens is 2. The lowest BCUT2D eigenvalue weighted by molar-refractivity contribution is -0.384. The van der Waals surface area contributed by atoms with Gasteiger partial charge in [0.05, 0.1) is 4.92 Å². The van der Waals surface area contributed by atoms with E-state index in [0.29, 0.717) is 18.8 Å². The molecular weight excluding hydrogens is 322 g/mol. The molecule has 1 aliphatic rings. The fourth-order valence-corrected chi connectivity index (χ4v) is 2.52. The number of hydrogen-bond donors (Lipinski definition) is 1. The topological polar surface area (TPSA) is 107 Å². The molecule has 1 saturated heterocycles. The number of carbonyl (C=O) groups excluding carboxylic acids is 1. The zero-order valence-corrected chi connectivity index (χ0v) is 13.0. The van der Waals surface area contributed by atoms with E-state index in [4.69, 9.17) is 5.73 Å². The number of amides is 1. The van der Waals surface area contributed by atoms with Crippen LogP contribution in [-0.4, -0.2) is 44.6 Å². The van der Waals surface area contributed by atoms with Crippen molar-refractivity contribution < 1.29 is 9.72 Å². The van der Waals surface area contributed by atoms with Crippen LogP contribution in [0.5, 0.6) is 0 Å². The lowest BCUT2D eigenvalue weighted by Gasteiger charge is -2.13. The average molecular weight is 338 g/mol. The average Bonchev–Trinajstić information content (AvgIpc) is 3.15. The summed E-state index contributed by atoms with van der Waals surface area (Å²) in [6.45, 7) is 1.12. The number of nitro groups is 1. The molecule has 1 amide bonds. The minimum absolute atomic E-state index is 0. The van der Waals surface area contributed by atoms with Crippen LogP contribution in [0.3, 0.4) is 0 Å². The van der Waals surface area contributed by atoms with Gasteiger partial charge in [-0.05, 0) is 18.6 Å². The van der Waals surface area contributed by atoms with Crippen molar-refractivity contribution in [3.8, 4) is 5.69 Å². The largest absolute Gasteiger partial charge is 0.336 e. The summed E-state index contributed by atoms with van der Waals surface area (Å²) in [5.74, 6) is -0.203. The van der Waals surface area contributed by atoms with E-state index in [0.717, 1.165) is 6.42 Å². The number of benzene rings is 1. The number of carbonyl (C=O) groups is 1. The number of nitrogens with zero attached hydrogens (tertiary/aromatic N) is 4. The Hall–Kier alpha value is -2.45. The van der Waals surface area contributed by atoms with Crippen molar-refractivity contribution in [3.05, 3.63) is 52.3 Å². The summed E-state index contributed by atoms with van der Waals surface area (Å²) >= 11 is 0. The first-order chi connectivity index (χ1) is 10.6. The summed E-state index contributed by atoms with van der Waals surface area (Å²) in [4.78, 5) is 24.5. The molecule has 1 fully saturated rings. The Morgan fingerprint density at radius 1 is 1.35 bits per heavy atom. The van der Waals surface area contributed by atoms with Gasteiger partial charge in [-0.1, -0.05) is 12.1 Å². The smallest absolute Gasteiger partial charge is 0.294 e. The summed E-state index contributed by atoms with van der Waals surface area (Å²) < 4.78 is 1.35. The van der Waals surface area contributed by atoms with Gasteiger partial charge in [0.2, 0.25) is 0 Å². The summed E-state index contributed by atoms with van der Waals surface area (Å²) in [6.07, 6.45) is 2.32. The highest BCUT2D eigenvalue weighted by atomic mass is 35.5. The van der Waals surface area contributed by atoms with Gasteiger partial charge in [0.25, 0.3) is 11.6 Å². The number of nitrogens with two attached hydrogens (primary N) is 1. The van der Waals surface area contributed by atoms with Crippen molar-refractivity contribution in [1.82, 2.24) is 14.7 Å². The second-order valence-corrected chi connectivity index (χ2v) is 5.19. The van der Waals surface area contributed by atoms with Crippen LogP contribution >= 0.6 is 12.4 Å². The third-order valence-electron chi connectivity index (χ3n) is 3.65. The first-order valence-corrected chi connectivity index (χ1v) is 6.90. The maximum absolute atomic E-state index is 12.3. The number of rotatable bonds is 3. The fraction of sp³-hybridized carbons (Fsp3) is 0.286. The molecule has 1 unspecified atom stereocenters. The minimum Gasteiger partial charge on any atom is -0.336 e. The molecule has 3 rings (SSSR count).